The number of carbonyl (C=O) groups is 2. The second kappa shape index (κ2) is 7.36. The summed E-state index contributed by atoms with van der Waals surface area (Å²) in [6.45, 7) is 4.22. The van der Waals surface area contributed by atoms with Crippen LogP contribution in [0.15, 0.2) is 30.3 Å². The summed E-state index contributed by atoms with van der Waals surface area (Å²) < 4.78 is 7.40. The molecular formula is C25H30N2O3. The predicted molar refractivity (Wildman–Crippen MR) is 113 cm³/mol. The minimum Gasteiger partial charge on any atom is -0.454 e. The van der Waals surface area contributed by atoms with Crippen molar-refractivity contribution in [2.24, 2.45) is 23.2 Å². The lowest BCUT2D eigenvalue weighted by atomic mass is 9.48. The van der Waals surface area contributed by atoms with Crippen LogP contribution in [-0.2, 0) is 16.1 Å². The molecule has 0 radical (unpaired) electrons. The fourth-order valence-electron chi connectivity index (χ4n) is 6.71. The topological polar surface area (TPSA) is 61.2 Å². The highest BCUT2D eigenvalue weighted by Gasteiger charge is 2.54. The molecule has 5 nitrogen and oxygen atoms in total. The number of hydrogen-bond acceptors (Lipinski definition) is 4. The van der Waals surface area contributed by atoms with E-state index < -0.39 is 5.97 Å². The molecule has 0 aliphatic heterocycles. The van der Waals surface area contributed by atoms with Gasteiger partial charge in [-0.05, 0) is 75.7 Å². The Bertz CT molecular complexity index is 940. The van der Waals surface area contributed by atoms with Gasteiger partial charge in [0.1, 0.15) is 5.56 Å². The second-order valence-electron chi connectivity index (χ2n) is 9.89. The summed E-state index contributed by atoms with van der Waals surface area (Å²) in [6.07, 6.45) is 6.90. The molecule has 5 heteroatoms. The average Bonchev–Trinajstić information content (AvgIpc) is 2.98. The van der Waals surface area contributed by atoms with Crippen molar-refractivity contribution in [2.45, 2.75) is 58.9 Å². The Morgan fingerprint density at radius 2 is 1.63 bits per heavy atom. The Kier molecular flexibility index (Phi) is 4.79. The van der Waals surface area contributed by atoms with E-state index in [1.54, 1.807) is 0 Å². The summed E-state index contributed by atoms with van der Waals surface area (Å²) in [6, 6.07) is 10.0. The molecule has 4 saturated carbocycles. The molecule has 4 bridgehead atoms. The second-order valence-corrected chi connectivity index (χ2v) is 9.89. The highest BCUT2D eigenvalue weighted by atomic mass is 16.5. The number of Topliss-reactive ketones (excluding diaryl/α,β-unsaturated/α-hetero) is 1. The van der Waals surface area contributed by atoms with Crippen LogP contribution in [-0.4, -0.2) is 28.1 Å². The molecule has 1 aromatic heterocycles. The first kappa shape index (κ1) is 19.5. The van der Waals surface area contributed by atoms with E-state index in [0.717, 1.165) is 30.5 Å². The lowest BCUT2D eigenvalue weighted by Crippen LogP contribution is -2.51. The van der Waals surface area contributed by atoms with E-state index in [2.05, 4.69) is 5.10 Å². The van der Waals surface area contributed by atoms with Crippen molar-refractivity contribution >= 4 is 11.8 Å². The highest BCUT2D eigenvalue weighted by molar-refractivity contribution is 5.94. The maximum atomic E-state index is 13.2. The third-order valence-electron chi connectivity index (χ3n) is 7.72. The Morgan fingerprint density at radius 3 is 2.23 bits per heavy atom. The van der Waals surface area contributed by atoms with Crippen LogP contribution in [0.3, 0.4) is 0 Å². The minimum absolute atomic E-state index is 0.103. The Hall–Kier alpha value is -2.43. The summed E-state index contributed by atoms with van der Waals surface area (Å²) in [7, 11) is 0. The molecule has 1 aromatic carbocycles. The molecule has 6 rings (SSSR count). The van der Waals surface area contributed by atoms with Crippen LogP contribution >= 0.6 is 0 Å². The smallest absolute Gasteiger partial charge is 0.342 e. The van der Waals surface area contributed by atoms with Crippen LogP contribution in [0, 0.1) is 37.0 Å². The third kappa shape index (κ3) is 3.38. The third-order valence-corrected chi connectivity index (χ3v) is 7.72. The zero-order chi connectivity index (χ0) is 20.9. The molecule has 2 aromatic rings. The van der Waals surface area contributed by atoms with Gasteiger partial charge in [0.2, 0.25) is 0 Å². The van der Waals surface area contributed by atoms with Gasteiger partial charge in [-0.25, -0.2) is 4.79 Å². The van der Waals surface area contributed by atoms with Crippen molar-refractivity contribution in [2.75, 3.05) is 6.61 Å². The van der Waals surface area contributed by atoms with Crippen LogP contribution in [0.25, 0.3) is 0 Å². The maximum absolute atomic E-state index is 13.2. The Balaban J connectivity index is 1.26. The molecule has 4 aliphatic carbocycles. The molecule has 158 valence electrons. The molecule has 30 heavy (non-hydrogen) atoms. The first-order valence-corrected chi connectivity index (χ1v) is 11.2. The number of nitrogens with zero attached hydrogens (tertiary/aromatic N) is 2. The first-order valence-electron chi connectivity index (χ1n) is 11.2. The van der Waals surface area contributed by atoms with Crippen molar-refractivity contribution in [1.82, 2.24) is 9.78 Å². The number of aryl methyl sites for hydroxylation is 1. The summed E-state index contributed by atoms with van der Waals surface area (Å²) in [5, 5.41) is 4.54. The summed E-state index contributed by atoms with van der Waals surface area (Å²) in [5.74, 6) is 1.83. The van der Waals surface area contributed by atoms with E-state index in [1.165, 1.54) is 19.3 Å². The number of hydrogen-bond donors (Lipinski definition) is 0. The van der Waals surface area contributed by atoms with Crippen molar-refractivity contribution in [1.29, 1.82) is 0 Å². The van der Waals surface area contributed by atoms with Gasteiger partial charge >= 0.3 is 5.97 Å². The number of ketones is 1. The largest absolute Gasteiger partial charge is 0.454 e. The van der Waals surface area contributed by atoms with Crippen molar-refractivity contribution in [3.05, 3.63) is 52.8 Å². The monoisotopic (exact) mass is 406 g/mol. The maximum Gasteiger partial charge on any atom is 0.342 e. The number of aromatic nitrogens is 2. The molecular weight excluding hydrogens is 376 g/mol. The Labute approximate surface area is 177 Å². The highest BCUT2D eigenvalue weighted by Crippen LogP contribution is 2.60. The molecule has 4 aliphatic rings. The number of carbonyl (C=O) groups excluding carboxylic acids is 2. The molecule has 0 N–H and O–H groups in total. The minimum atomic E-state index is -0.428. The number of rotatable bonds is 6. The van der Waals surface area contributed by atoms with Gasteiger partial charge in [-0.3, -0.25) is 9.48 Å². The van der Waals surface area contributed by atoms with Crippen LogP contribution in [0.1, 0.15) is 65.8 Å². The van der Waals surface area contributed by atoms with E-state index in [1.807, 2.05) is 48.9 Å². The van der Waals surface area contributed by atoms with Gasteiger partial charge in [-0.1, -0.05) is 30.3 Å². The van der Waals surface area contributed by atoms with Crippen LogP contribution < -0.4 is 0 Å². The summed E-state index contributed by atoms with van der Waals surface area (Å²) >= 11 is 0. The van der Waals surface area contributed by atoms with Crippen LogP contribution in [0.4, 0.5) is 0 Å². The first-order chi connectivity index (χ1) is 14.4. The number of benzene rings is 1. The van der Waals surface area contributed by atoms with Gasteiger partial charge in [0, 0.05) is 5.41 Å². The molecule has 0 saturated heterocycles. The Morgan fingerprint density at radius 1 is 1.03 bits per heavy atom. The number of esters is 1. The zero-order valence-corrected chi connectivity index (χ0v) is 17.9. The van der Waals surface area contributed by atoms with Gasteiger partial charge in [0.15, 0.2) is 12.4 Å². The standard InChI is InChI=1S/C25H30N2O3/c1-16-23(17(2)27(26-16)14-18-6-4-3-5-7-18)24(29)30-15-22(28)25-11-19-8-20(12-25)10-21(9-19)13-25/h3-7,19-21H,8-15H2,1-2H3. The van der Waals surface area contributed by atoms with Crippen molar-refractivity contribution in [3.8, 4) is 0 Å². The van der Waals surface area contributed by atoms with E-state index in [0.29, 0.717) is 35.6 Å². The fraction of sp³-hybridized carbons (Fsp3) is 0.560. The molecule has 0 unspecified atom stereocenters. The van der Waals surface area contributed by atoms with Crippen LogP contribution in [0.2, 0.25) is 0 Å². The van der Waals surface area contributed by atoms with E-state index in [9.17, 15) is 9.59 Å². The lowest BCUT2D eigenvalue weighted by Gasteiger charge is -2.55. The normalized spacial score (nSPS) is 29.2. The number of ether oxygens (including phenoxy) is 1. The molecule has 4 fully saturated rings. The van der Waals surface area contributed by atoms with Gasteiger partial charge in [-0.2, -0.15) is 5.10 Å². The average molecular weight is 407 g/mol. The molecule has 0 spiro atoms. The molecule has 1 heterocycles. The lowest BCUT2D eigenvalue weighted by molar-refractivity contribution is -0.147. The van der Waals surface area contributed by atoms with Gasteiger partial charge < -0.3 is 4.74 Å². The summed E-state index contributed by atoms with van der Waals surface area (Å²) in [4.78, 5) is 26.0. The van der Waals surface area contributed by atoms with Gasteiger partial charge in [0.05, 0.1) is 17.9 Å². The van der Waals surface area contributed by atoms with Gasteiger partial charge in [-0.15, -0.1) is 0 Å². The van der Waals surface area contributed by atoms with E-state index in [4.69, 9.17) is 4.74 Å². The SMILES string of the molecule is Cc1nn(Cc2ccccc2)c(C)c1C(=O)OCC(=O)C12CC3CC(CC(C3)C1)C2. The van der Waals surface area contributed by atoms with Crippen molar-refractivity contribution < 1.29 is 14.3 Å². The molecule has 0 amide bonds. The predicted octanol–water partition coefficient (Wildman–Crippen LogP) is 4.49. The van der Waals surface area contributed by atoms with Gasteiger partial charge in [0.25, 0.3) is 0 Å². The molecule has 0 atom stereocenters. The quantitative estimate of drug-likeness (QED) is 0.663. The summed E-state index contributed by atoms with van der Waals surface area (Å²) in [5.41, 5.74) is 2.82. The van der Waals surface area contributed by atoms with Crippen molar-refractivity contribution in [3.63, 3.8) is 0 Å². The zero-order valence-electron chi connectivity index (χ0n) is 17.9. The van der Waals surface area contributed by atoms with Crippen LogP contribution in [0.5, 0.6) is 0 Å². The fourth-order valence-corrected chi connectivity index (χ4v) is 6.71. The van der Waals surface area contributed by atoms with E-state index >= 15 is 0 Å². The van der Waals surface area contributed by atoms with E-state index in [-0.39, 0.29) is 17.8 Å².